The Morgan fingerprint density at radius 2 is 1.31 bits per heavy atom. The van der Waals surface area contributed by atoms with Gasteiger partial charge in [-0.05, 0) is 0 Å². The first kappa shape index (κ1) is 15.4. The molecule has 0 aliphatic rings. The van der Waals surface area contributed by atoms with Gasteiger partial charge in [0.2, 0.25) is 0 Å². The van der Waals surface area contributed by atoms with Crippen molar-refractivity contribution in [1.82, 2.24) is 0 Å². The molecule has 6 heteroatoms. The molecule has 0 saturated carbocycles. The lowest BCUT2D eigenvalue weighted by atomic mass is 10.3. The molecule has 0 aliphatic heterocycles. The predicted octanol–water partition coefficient (Wildman–Crippen LogP) is 1.97. The van der Waals surface area contributed by atoms with Crippen molar-refractivity contribution in [3.05, 3.63) is 25.3 Å². The molecule has 0 aliphatic carbocycles. The van der Waals surface area contributed by atoms with Crippen LogP contribution in [0.5, 0.6) is 0 Å². The Hall–Kier alpha value is -0.620. The highest BCUT2D eigenvalue weighted by molar-refractivity contribution is 9.12. The standard InChI is InChI=1S/C10H12Br2O4/c1-3-9(13)15-5-7(11)8(12)6-16-10(14)4-2/h3-4,7-8H,1-2,5-6H2. The molecule has 16 heavy (non-hydrogen) atoms. The number of carbonyl (C=O) groups is 2. The Morgan fingerprint density at radius 1 is 1.00 bits per heavy atom. The van der Waals surface area contributed by atoms with Gasteiger partial charge in [0.15, 0.2) is 0 Å². The van der Waals surface area contributed by atoms with Crippen LogP contribution < -0.4 is 0 Å². The van der Waals surface area contributed by atoms with Crippen molar-refractivity contribution in [3.8, 4) is 0 Å². The molecule has 90 valence electrons. The number of rotatable bonds is 7. The lowest BCUT2D eigenvalue weighted by Crippen LogP contribution is -2.26. The van der Waals surface area contributed by atoms with Gasteiger partial charge in [-0.15, -0.1) is 0 Å². The maximum absolute atomic E-state index is 10.8. The minimum absolute atomic E-state index is 0.158. The molecule has 0 aromatic rings. The van der Waals surface area contributed by atoms with Crippen LogP contribution >= 0.6 is 31.9 Å². The van der Waals surface area contributed by atoms with E-state index in [0.717, 1.165) is 12.2 Å². The molecule has 0 amide bonds. The largest absolute Gasteiger partial charge is 0.461 e. The third kappa shape index (κ3) is 6.79. The number of esters is 2. The zero-order valence-corrected chi connectivity index (χ0v) is 11.7. The van der Waals surface area contributed by atoms with Crippen molar-refractivity contribution in [2.45, 2.75) is 9.65 Å². The van der Waals surface area contributed by atoms with Crippen molar-refractivity contribution in [1.29, 1.82) is 0 Å². The first-order chi connectivity index (χ1) is 7.51. The van der Waals surface area contributed by atoms with Gasteiger partial charge in [0, 0.05) is 12.2 Å². The fourth-order valence-electron chi connectivity index (χ4n) is 0.650. The number of ether oxygens (including phenoxy) is 2. The summed E-state index contributed by atoms with van der Waals surface area (Å²) in [6.45, 7) is 6.86. The molecule has 0 heterocycles. The molecule has 2 unspecified atom stereocenters. The minimum Gasteiger partial charge on any atom is -0.461 e. The second-order valence-electron chi connectivity index (χ2n) is 2.70. The number of alkyl halides is 2. The average Bonchev–Trinajstić information content (AvgIpc) is 2.31. The fourth-order valence-corrected chi connectivity index (χ4v) is 1.22. The summed E-state index contributed by atoms with van der Waals surface area (Å²) in [6, 6.07) is 0. The van der Waals surface area contributed by atoms with E-state index in [1.165, 1.54) is 0 Å². The third-order valence-electron chi connectivity index (χ3n) is 1.50. The lowest BCUT2D eigenvalue weighted by molar-refractivity contribution is -0.139. The van der Waals surface area contributed by atoms with Crippen LogP contribution in [0.1, 0.15) is 0 Å². The van der Waals surface area contributed by atoms with Gasteiger partial charge in [0.25, 0.3) is 0 Å². The van der Waals surface area contributed by atoms with E-state index in [2.05, 4.69) is 45.0 Å². The molecule has 0 aromatic heterocycles. The van der Waals surface area contributed by atoms with Crippen molar-refractivity contribution in [3.63, 3.8) is 0 Å². The second kappa shape index (κ2) is 8.52. The zero-order chi connectivity index (χ0) is 12.6. The smallest absolute Gasteiger partial charge is 0.330 e. The molecule has 0 rings (SSSR count). The summed E-state index contributed by atoms with van der Waals surface area (Å²) in [7, 11) is 0. The molecular weight excluding hydrogens is 344 g/mol. The van der Waals surface area contributed by atoms with E-state index in [-0.39, 0.29) is 22.9 Å². The van der Waals surface area contributed by atoms with E-state index in [1.807, 2.05) is 0 Å². The number of hydrogen-bond acceptors (Lipinski definition) is 4. The van der Waals surface area contributed by atoms with Gasteiger partial charge in [-0.2, -0.15) is 0 Å². The van der Waals surface area contributed by atoms with Crippen LogP contribution in [0, 0.1) is 0 Å². The Kier molecular flexibility index (Phi) is 8.19. The number of halogens is 2. The van der Waals surface area contributed by atoms with Gasteiger partial charge in [0.05, 0.1) is 9.65 Å². The van der Waals surface area contributed by atoms with Crippen LogP contribution in [0.25, 0.3) is 0 Å². The van der Waals surface area contributed by atoms with E-state index >= 15 is 0 Å². The lowest BCUT2D eigenvalue weighted by Gasteiger charge is -2.15. The van der Waals surface area contributed by atoms with Crippen molar-refractivity contribution in [2.24, 2.45) is 0 Å². The highest BCUT2D eigenvalue weighted by atomic mass is 79.9. The van der Waals surface area contributed by atoms with E-state index in [4.69, 9.17) is 9.47 Å². The summed E-state index contributed by atoms with van der Waals surface area (Å²) >= 11 is 6.59. The summed E-state index contributed by atoms with van der Waals surface area (Å²) in [6.07, 6.45) is 2.17. The van der Waals surface area contributed by atoms with Crippen molar-refractivity contribution in [2.75, 3.05) is 13.2 Å². The topological polar surface area (TPSA) is 52.6 Å². The first-order valence-electron chi connectivity index (χ1n) is 4.37. The summed E-state index contributed by atoms with van der Waals surface area (Å²) in [5.74, 6) is -0.987. The Bertz CT molecular complexity index is 250. The second-order valence-corrected chi connectivity index (χ2v) is 5.05. The zero-order valence-electron chi connectivity index (χ0n) is 8.53. The fraction of sp³-hybridized carbons (Fsp3) is 0.400. The molecular formula is C10H12Br2O4. The van der Waals surface area contributed by atoms with Crippen LogP contribution in [0.2, 0.25) is 0 Å². The van der Waals surface area contributed by atoms with Crippen LogP contribution in [0.3, 0.4) is 0 Å². The molecule has 0 fully saturated rings. The van der Waals surface area contributed by atoms with E-state index in [9.17, 15) is 9.59 Å². The van der Waals surface area contributed by atoms with Gasteiger partial charge in [-0.25, -0.2) is 9.59 Å². The first-order valence-corrected chi connectivity index (χ1v) is 6.21. The molecule has 0 bridgehead atoms. The van der Waals surface area contributed by atoms with E-state index < -0.39 is 11.9 Å². The Labute approximate surface area is 111 Å². The SMILES string of the molecule is C=CC(=O)OCC(Br)C(Br)COC(=O)C=C. The third-order valence-corrected chi connectivity index (χ3v) is 4.01. The summed E-state index contributed by atoms with van der Waals surface area (Å²) < 4.78 is 9.63. The minimum atomic E-state index is -0.493. The molecule has 0 saturated heterocycles. The quantitative estimate of drug-likeness (QED) is 0.398. The highest BCUT2D eigenvalue weighted by Crippen LogP contribution is 2.15. The monoisotopic (exact) mass is 354 g/mol. The molecule has 4 nitrogen and oxygen atoms in total. The van der Waals surface area contributed by atoms with E-state index in [1.54, 1.807) is 0 Å². The normalized spacial score (nSPS) is 13.4. The molecule has 0 radical (unpaired) electrons. The Balaban J connectivity index is 3.84. The van der Waals surface area contributed by atoms with Gasteiger partial charge in [-0.3, -0.25) is 0 Å². The predicted molar refractivity (Wildman–Crippen MR) is 67.7 cm³/mol. The molecule has 2 atom stereocenters. The van der Waals surface area contributed by atoms with Gasteiger partial charge in [-0.1, -0.05) is 45.0 Å². The number of hydrogen-bond donors (Lipinski definition) is 0. The molecule has 0 N–H and O–H groups in total. The average molecular weight is 356 g/mol. The summed E-state index contributed by atoms with van der Waals surface area (Å²) in [4.78, 5) is 21.2. The van der Waals surface area contributed by atoms with Crippen LogP contribution in [-0.2, 0) is 19.1 Å². The van der Waals surface area contributed by atoms with Crippen molar-refractivity contribution < 1.29 is 19.1 Å². The van der Waals surface area contributed by atoms with Crippen molar-refractivity contribution >= 4 is 43.8 Å². The molecule has 0 spiro atoms. The van der Waals surface area contributed by atoms with Gasteiger partial charge >= 0.3 is 11.9 Å². The number of carbonyl (C=O) groups excluding carboxylic acids is 2. The Morgan fingerprint density at radius 3 is 1.56 bits per heavy atom. The molecule has 0 aromatic carbocycles. The summed E-state index contributed by atoms with van der Waals surface area (Å²) in [5.41, 5.74) is 0. The van der Waals surface area contributed by atoms with E-state index in [0.29, 0.717) is 0 Å². The summed E-state index contributed by atoms with van der Waals surface area (Å²) in [5, 5.41) is 0. The van der Waals surface area contributed by atoms with Crippen LogP contribution in [-0.4, -0.2) is 34.8 Å². The highest BCUT2D eigenvalue weighted by Gasteiger charge is 2.18. The maximum Gasteiger partial charge on any atom is 0.330 e. The maximum atomic E-state index is 10.8. The van der Waals surface area contributed by atoms with Crippen LogP contribution in [0.15, 0.2) is 25.3 Å². The van der Waals surface area contributed by atoms with Crippen LogP contribution in [0.4, 0.5) is 0 Å². The van der Waals surface area contributed by atoms with Gasteiger partial charge < -0.3 is 9.47 Å². The van der Waals surface area contributed by atoms with Gasteiger partial charge in [0.1, 0.15) is 13.2 Å².